The summed E-state index contributed by atoms with van der Waals surface area (Å²) in [5, 5.41) is 0. The van der Waals surface area contributed by atoms with Gasteiger partial charge in [-0.3, -0.25) is 0 Å². The number of aromatic nitrogens is 2. The van der Waals surface area contributed by atoms with Gasteiger partial charge in [-0.1, -0.05) is 12.1 Å². The van der Waals surface area contributed by atoms with Crippen LogP contribution in [0.2, 0.25) is 0 Å². The summed E-state index contributed by atoms with van der Waals surface area (Å²) in [5.74, 6) is 1.04. The van der Waals surface area contributed by atoms with Gasteiger partial charge in [0.2, 0.25) is 0 Å². The SMILES string of the molecule is CN(CCCc1nccn1C)Cc1ccc(C(F)(F)F)cc1. The number of imidazole rings is 1. The van der Waals surface area contributed by atoms with Crippen LogP contribution in [0.5, 0.6) is 0 Å². The first kappa shape index (κ1) is 16.5. The number of halogens is 3. The maximum atomic E-state index is 12.5. The number of hydrogen-bond donors (Lipinski definition) is 0. The molecule has 3 nitrogen and oxygen atoms in total. The Balaban J connectivity index is 1.79. The summed E-state index contributed by atoms with van der Waals surface area (Å²) in [5.41, 5.74) is 0.279. The van der Waals surface area contributed by atoms with E-state index in [0.717, 1.165) is 42.9 Å². The molecule has 0 aliphatic rings. The molecule has 2 rings (SSSR count). The van der Waals surface area contributed by atoms with Gasteiger partial charge in [0.15, 0.2) is 0 Å². The van der Waals surface area contributed by atoms with E-state index in [1.807, 2.05) is 24.9 Å². The Hall–Kier alpha value is -1.82. The normalized spacial score (nSPS) is 12.1. The van der Waals surface area contributed by atoms with Crippen LogP contribution in [-0.2, 0) is 26.2 Å². The quantitative estimate of drug-likeness (QED) is 0.814. The Kier molecular flexibility index (Phi) is 5.24. The fourth-order valence-electron chi connectivity index (χ4n) is 2.33. The molecule has 0 N–H and O–H groups in total. The molecule has 1 aromatic heterocycles. The minimum absolute atomic E-state index is 0.603. The number of rotatable bonds is 6. The van der Waals surface area contributed by atoms with Gasteiger partial charge in [-0.25, -0.2) is 4.98 Å². The highest BCUT2D eigenvalue weighted by molar-refractivity contribution is 5.24. The van der Waals surface area contributed by atoms with Crippen molar-refractivity contribution in [2.45, 2.75) is 25.6 Å². The van der Waals surface area contributed by atoms with Crippen molar-refractivity contribution in [3.63, 3.8) is 0 Å². The van der Waals surface area contributed by atoms with Gasteiger partial charge in [-0.05, 0) is 37.7 Å². The van der Waals surface area contributed by atoms with Gasteiger partial charge in [-0.15, -0.1) is 0 Å². The maximum Gasteiger partial charge on any atom is 0.416 e. The van der Waals surface area contributed by atoms with Crippen LogP contribution in [0.25, 0.3) is 0 Å². The molecule has 0 radical (unpaired) electrons. The third-order valence-corrected chi connectivity index (χ3v) is 3.59. The van der Waals surface area contributed by atoms with Crippen molar-refractivity contribution < 1.29 is 13.2 Å². The zero-order valence-electron chi connectivity index (χ0n) is 12.8. The molecule has 0 fully saturated rings. The molecule has 0 spiro atoms. The van der Waals surface area contributed by atoms with Crippen LogP contribution in [0.4, 0.5) is 13.2 Å². The second kappa shape index (κ2) is 6.96. The van der Waals surface area contributed by atoms with Gasteiger partial charge >= 0.3 is 6.18 Å². The van der Waals surface area contributed by atoms with Crippen LogP contribution >= 0.6 is 0 Å². The van der Waals surface area contributed by atoms with Gasteiger partial charge in [0.25, 0.3) is 0 Å². The van der Waals surface area contributed by atoms with Crippen molar-refractivity contribution in [1.82, 2.24) is 14.5 Å². The van der Waals surface area contributed by atoms with Crippen molar-refractivity contribution in [3.05, 3.63) is 53.6 Å². The van der Waals surface area contributed by atoms with Crippen molar-refractivity contribution in [2.75, 3.05) is 13.6 Å². The Morgan fingerprint density at radius 1 is 1.18 bits per heavy atom. The number of benzene rings is 1. The average Bonchev–Trinajstić information content (AvgIpc) is 2.84. The zero-order valence-corrected chi connectivity index (χ0v) is 12.8. The van der Waals surface area contributed by atoms with Gasteiger partial charge in [-0.2, -0.15) is 13.2 Å². The van der Waals surface area contributed by atoms with E-state index in [1.54, 1.807) is 6.20 Å². The summed E-state index contributed by atoms with van der Waals surface area (Å²) in [6, 6.07) is 5.35. The highest BCUT2D eigenvalue weighted by Gasteiger charge is 2.29. The maximum absolute atomic E-state index is 12.5. The van der Waals surface area contributed by atoms with Gasteiger partial charge in [0, 0.05) is 32.4 Å². The van der Waals surface area contributed by atoms with E-state index in [4.69, 9.17) is 0 Å². The molecule has 0 saturated heterocycles. The van der Waals surface area contributed by atoms with E-state index < -0.39 is 11.7 Å². The number of hydrogen-bond acceptors (Lipinski definition) is 2. The van der Waals surface area contributed by atoms with E-state index in [1.165, 1.54) is 12.1 Å². The average molecular weight is 311 g/mol. The topological polar surface area (TPSA) is 21.1 Å². The first-order chi connectivity index (χ1) is 10.4. The second-order valence-electron chi connectivity index (χ2n) is 5.49. The van der Waals surface area contributed by atoms with Crippen molar-refractivity contribution >= 4 is 0 Å². The minimum Gasteiger partial charge on any atom is -0.338 e. The highest BCUT2D eigenvalue weighted by Crippen LogP contribution is 2.29. The monoisotopic (exact) mass is 311 g/mol. The third kappa shape index (κ3) is 4.59. The summed E-state index contributed by atoms with van der Waals surface area (Å²) in [6.07, 6.45) is 1.28. The lowest BCUT2D eigenvalue weighted by molar-refractivity contribution is -0.137. The lowest BCUT2D eigenvalue weighted by Crippen LogP contribution is -2.20. The molecule has 0 amide bonds. The summed E-state index contributed by atoms with van der Waals surface area (Å²) >= 11 is 0. The van der Waals surface area contributed by atoms with Crippen LogP contribution < -0.4 is 0 Å². The molecule has 1 aromatic carbocycles. The largest absolute Gasteiger partial charge is 0.416 e. The molecular weight excluding hydrogens is 291 g/mol. The molecule has 0 bridgehead atoms. The zero-order chi connectivity index (χ0) is 16.2. The Bertz CT molecular complexity index is 587. The van der Waals surface area contributed by atoms with Gasteiger partial charge in [0.1, 0.15) is 5.82 Å². The highest BCUT2D eigenvalue weighted by atomic mass is 19.4. The second-order valence-corrected chi connectivity index (χ2v) is 5.49. The molecule has 0 unspecified atom stereocenters. The molecule has 0 aliphatic heterocycles. The molecule has 22 heavy (non-hydrogen) atoms. The Labute approximate surface area is 128 Å². The predicted molar refractivity (Wildman–Crippen MR) is 79.3 cm³/mol. The van der Waals surface area contributed by atoms with E-state index >= 15 is 0 Å². The molecule has 120 valence electrons. The van der Waals surface area contributed by atoms with Crippen molar-refractivity contribution in [3.8, 4) is 0 Å². The van der Waals surface area contributed by atoms with Crippen LogP contribution in [-0.4, -0.2) is 28.0 Å². The first-order valence-corrected chi connectivity index (χ1v) is 7.17. The molecule has 0 aliphatic carbocycles. The third-order valence-electron chi connectivity index (χ3n) is 3.59. The molecular formula is C16H20F3N3. The summed E-state index contributed by atoms with van der Waals surface area (Å²) in [7, 11) is 3.93. The standard InChI is InChI=1S/C16H20F3N3/c1-21(10-3-4-15-20-9-11-22(15)2)12-13-5-7-14(8-6-13)16(17,18)19/h5-9,11H,3-4,10,12H2,1-2H3. The van der Waals surface area contributed by atoms with Crippen LogP contribution in [0.3, 0.4) is 0 Å². The Morgan fingerprint density at radius 3 is 2.41 bits per heavy atom. The minimum atomic E-state index is -4.27. The predicted octanol–water partition coefficient (Wildman–Crippen LogP) is 3.50. The first-order valence-electron chi connectivity index (χ1n) is 7.17. The molecule has 2 aromatic rings. The van der Waals surface area contributed by atoms with E-state index in [9.17, 15) is 13.2 Å². The molecule has 0 saturated carbocycles. The van der Waals surface area contributed by atoms with Crippen molar-refractivity contribution in [2.24, 2.45) is 7.05 Å². The summed E-state index contributed by atoms with van der Waals surface area (Å²) < 4.78 is 39.5. The Morgan fingerprint density at radius 2 is 1.86 bits per heavy atom. The molecule has 6 heteroatoms. The van der Waals surface area contributed by atoms with Crippen LogP contribution in [0.15, 0.2) is 36.7 Å². The summed E-state index contributed by atoms with van der Waals surface area (Å²) in [4.78, 5) is 6.37. The molecule has 0 atom stereocenters. The van der Waals surface area contributed by atoms with Crippen LogP contribution in [0, 0.1) is 0 Å². The molecule has 1 heterocycles. The van der Waals surface area contributed by atoms with E-state index in [0.29, 0.717) is 6.54 Å². The van der Waals surface area contributed by atoms with E-state index in [2.05, 4.69) is 9.88 Å². The lowest BCUT2D eigenvalue weighted by atomic mass is 10.1. The van der Waals surface area contributed by atoms with E-state index in [-0.39, 0.29) is 0 Å². The smallest absolute Gasteiger partial charge is 0.338 e. The number of alkyl halides is 3. The van der Waals surface area contributed by atoms with Crippen LogP contribution in [0.1, 0.15) is 23.4 Å². The number of aryl methyl sites for hydroxylation is 2. The lowest BCUT2D eigenvalue weighted by Gasteiger charge is -2.17. The summed E-state index contributed by atoms with van der Waals surface area (Å²) in [6.45, 7) is 1.51. The fourth-order valence-corrected chi connectivity index (χ4v) is 2.33. The van der Waals surface area contributed by atoms with Gasteiger partial charge < -0.3 is 9.47 Å². The van der Waals surface area contributed by atoms with Gasteiger partial charge in [0.05, 0.1) is 5.56 Å². The van der Waals surface area contributed by atoms with Crippen molar-refractivity contribution in [1.29, 1.82) is 0 Å². The fraction of sp³-hybridized carbons (Fsp3) is 0.438. The number of nitrogens with zero attached hydrogens (tertiary/aromatic N) is 3.